The summed E-state index contributed by atoms with van der Waals surface area (Å²) < 4.78 is 5.81. The molecule has 1 saturated heterocycles. The first kappa shape index (κ1) is 14.3. The lowest BCUT2D eigenvalue weighted by atomic mass is 10.1. The van der Waals surface area contributed by atoms with Crippen molar-refractivity contribution >= 4 is 23.5 Å². The van der Waals surface area contributed by atoms with Gasteiger partial charge < -0.3 is 15.0 Å². The maximum absolute atomic E-state index is 5.91. The van der Waals surface area contributed by atoms with E-state index in [0.717, 1.165) is 39.0 Å². The van der Waals surface area contributed by atoms with Gasteiger partial charge in [-0.3, -0.25) is 0 Å². The predicted octanol–water partition coefficient (Wildman–Crippen LogP) is 1.96. The smallest absolute Gasteiger partial charge is 0.231 e. The number of halogens is 1. The standard InChI is InChI=1S/C12H20ClN5O/c1-3-7-19-9-5-4-6-18(8-9)12-16-10(13)15-11(14-2)17-12/h9H,3-8H2,1-2H3,(H,14,15,16,17). The fraction of sp³-hybridized carbons (Fsp3) is 0.750. The van der Waals surface area contributed by atoms with Crippen molar-refractivity contribution in [3.05, 3.63) is 5.28 Å². The third-order valence-electron chi connectivity index (χ3n) is 3.04. The van der Waals surface area contributed by atoms with Gasteiger partial charge in [0, 0.05) is 26.7 Å². The number of hydrogen-bond donors (Lipinski definition) is 1. The molecule has 6 nitrogen and oxygen atoms in total. The van der Waals surface area contributed by atoms with E-state index in [-0.39, 0.29) is 11.4 Å². The van der Waals surface area contributed by atoms with Crippen LogP contribution in [-0.2, 0) is 4.74 Å². The lowest BCUT2D eigenvalue weighted by Crippen LogP contribution is -2.40. The third kappa shape index (κ3) is 3.91. The molecule has 106 valence electrons. The Labute approximate surface area is 118 Å². The minimum Gasteiger partial charge on any atom is -0.376 e. The lowest BCUT2D eigenvalue weighted by Gasteiger charge is -2.32. The number of anilines is 2. The number of aromatic nitrogens is 3. The molecule has 19 heavy (non-hydrogen) atoms. The van der Waals surface area contributed by atoms with Gasteiger partial charge >= 0.3 is 0 Å². The van der Waals surface area contributed by atoms with E-state index in [1.165, 1.54) is 0 Å². The summed E-state index contributed by atoms with van der Waals surface area (Å²) in [5, 5.41) is 3.10. The molecule has 0 bridgehead atoms. The Hall–Kier alpha value is -1.14. The van der Waals surface area contributed by atoms with Crippen LogP contribution < -0.4 is 10.2 Å². The van der Waals surface area contributed by atoms with Gasteiger partial charge in [-0.15, -0.1) is 0 Å². The number of rotatable bonds is 5. The summed E-state index contributed by atoms with van der Waals surface area (Å²) in [5.74, 6) is 1.11. The molecule has 0 aliphatic carbocycles. The van der Waals surface area contributed by atoms with Gasteiger partial charge in [-0.05, 0) is 30.9 Å². The molecule has 1 aliphatic rings. The highest BCUT2D eigenvalue weighted by Crippen LogP contribution is 2.20. The van der Waals surface area contributed by atoms with Crippen LogP contribution in [0.4, 0.5) is 11.9 Å². The van der Waals surface area contributed by atoms with Crippen molar-refractivity contribution in [2.24, 2.45) is 0 Å². The summed E-state index contributed by atoms with van der Waals surface area (Å²) in [5.41, 5.74) is 0. The summed E-state index contributed by atoms with van der Waals surface area (Å²) in [7, 11) is 1.76. The Morgan fingerprint density at radius 1 is 1.42 bits per heavy atom. The van der Waals surface area contributed by atoms with Crippen LogP contribution in [0, 0.1) is 0 Å². The summed E-state index contributed by atoms with van der Waals surface area (Å²) in [6.07, 6.45) is 3.46. The highest BCUT2D eigenvalue weighted by molar-refractivity contribution is 6.28. The van der Waals surface area contributed by atoms with Crippen LogP contribution in [0.1, 0.15) is 26.2 Å². The molecule has 1 atom stereocenters. The largest absolute Gasteiger partial charge is 0.376 e. The van der Waals surface area contributed by atoms with Crippen LogP contribution in [0.3, 0.4) is 0 Å². The van der Waals surface area contributed by atoms with E-state index in [0.29, 0.717) is 11.9 Å². The van der Waals surface area contributed by atoms with Gasteiger partial charge in [0.2, 0.25) is 17.2 Å². The zero-order valence-electron chi connectivity index (χ0n) is 11.4. The molecule has 1 N–H and O–H groups in total. The molecule has 1 aromatic heterocycles. The van der Waals surface area contributed by atoms with Gasteiger partial charge in [0.05, 0.1) is 6.10 Å². The fourth-order valence-electron chi connectivity index (χ4n) is 2.13. The first-order chi connectivity index (χ1) is 9.22. The van der Waals surface area contributed by atoms with Crippen molar-refractivity contribution in [1.82, 2.24) is 15.0 Å². The van der Waals surface area contributed by atoms with Gasteiger partial charge in [-0.25, -0.2) is 0 Å². The van der Waals surface area contributed by atoms with E-state index < -0.39 is 0 Å². The lowest BCUT2D eigenvalue weighted by molar-refractivity contribution is 0.0437. The van der Waals surface area contributed by atoms with Crippen molar-refractivity contribution in [3.63, 3.8) is 0 Å². The Bertz CT molecular complexity index is 417. The fourth-order valence-corrected chi connectivity index (χ4v) is 2.29. The second-order valence-electron chi connectivity index (χ2n) is 4.56. The Morgan fingerprint density at radius 2 is 2.26 bits per heavy atom. The van der Waals surface area contributed by atoms with Crippen LogP contribution in [-0.4, -0.2) is 47.8 Å². The van der Waals surface area contributed by atoms with Crippen molar-refractivity contribution in [2.45, 2.75) is 32.3 Å². The number of nitrogens with one attached hydrogen (secondary N) is 1. The zero-order valence-corrected chi connectivity index (χ0v) is 12.2. The number of hydrogen-bond acceptors (Lipinski definition) is 6. The molecule has 1 unspecified atom stereocenters. The molecule has 0 saturated carbocycles. The Kier molecular flexibility index (Phi) is 5.15. The third-order valence-corrected chi connectivity index (χ3v) is 3.21. The highest BCUT2D eigenvalue weighted by Gasteiger charge is 2.23. The maximum atomic E-state index is 5.91. The Balaban J connectivity index is 2.06. The molecule has 2 heterocycles. The molecule has 0 amide bonds. The van der Waals surface area contributed by atoms with Gasteiger partial charge in [-0.2, -0.15) is 15.0 Å². The predicted molar refractivity (Wildman–Crippen MR) is 75.9 cm³/mol. The van der Waals surface area contributed by atoms with Crippen LogP contribution in [0.15, 0.2) is 0 Å². The highest BCUT2D eigenvalue weighted by atomic mass is 35.5. The normalized spacial score (nSPS) is 19.5. The van der Waals surface area contributed by atoms with Crippen molar-refractivity contribution in [2.75, 3.05) is 37.0 Å². The van der Waals surface area contributed by atoms with Gasteiger partial charge in [0.1, 0.15) is 0 Å². The van der Waals surface area contributed by atoms with Gasteiger partial charge in [-0.1, -0.05) is 6.92 Å². The average molecular weight is 286 g/mol. The first-order valence-corrected chi connectivity index (χ1v) is 7.06. The SMILES string of the molecule is CCCOC1CCCN(c2nc(Cl)nc(NC)n2)C1. The van der Waals surface area contributed by atoms with E-state index in [2.05, 4.69) is 32.1 Å². The first-order valence-electron chi connectivity index (χ1n) is 6.68. The second kappa shape index (κ2) is 6.86. The molecule has 7 heteroatoms. The van der Waals surface area contributed by atoms with Crippen LogP contribution >= 0.6 is 11.6 Å². The van der Waals surface area contributed by atoms with E-state index in [4.69, 9.17) is 16.3 Å². The van der Waals surface area contributed by atoms with Crippen LogP contribution in [0.5, 0.6) is 0 Å². The van der Waals surface area contributed by atoms with Gasteiger partial charge in [0.15, 0.2) is 0 Å². The molecule has 2 rings (SSSR count). The maximum Gasteiger partial charge on any atom is 0.231 e. The van der Waals surface area contributed by atoms with Crippen molar-refractivity contribution in [1.29, 1.82) is 0 Å². The van der Waals surface area contributed by atoms with E-state index in [1.807, 2.05) is 0 Å². The molecule has 1 aliphatic heterocycles. The summed E-state index contributed by atoms with van der Waals surface area (Å²) in [4.78, 5) is 14.6. The number of nitrogens with zero attached hydrogens (tertiary/aromatic N) is 4. The molecule has 1 fully saturated rings. The second-order valence-corrected chi connectivity index (χ2v) is 4.90. The van der Waals surface area contributed by atoms with Crippen molar-refractivity contribution in [3.8, 4) is 0 Å². The molecular weight excluding hydrogens is 266 g/mol. The van der Waals surface area contributed by atoms with Crippen molar-refractivity contribution < 1.29 is 4.74 Å². The summed E-state index contributed by atoms with van der Waals surface area (Å²) in [6, 6.07) is 0. The Morgan fingerprint density at radius 3 is 3.00 bits per heavy atom. The number of ether oxygens (including phenoxy) is 1. The van der Waals surface area contributed by atoms with Crippen LogP contribution in [0.2, 0.25) is 5.28 Å². The topological polar surface area (TPSA) is 63.2 Å². The summed E-state index contributed by atoms with van der Waals surface area (Å²) >= 11 is 5.91. The molecular formula is C12H20ClN5O. The molecule has 0 aromatic carbocycles. The number of piperidine rings is 1. The molecule has 0 spiro atoms. The average Bonchev–Trinajstić information content (AvgIpc) is 2.44. The van der Waals surface area contributed by atoms with E-state index >= 15 is 0 Å². The summed E-state index contributed by atoms with van der Waals surface area (Å²) in [6.45, 7) is 4.66. The minimum absolute atomic E-state index is 0.214. The minimum atomic E-state index is 0.214. The quantitative estimate of drug-likeness (QED) is 0.892. The van der Waals surface area contributed by atoms with Gasteiger partial charge in [0.25, 0.3) is 0 Å². The molecule has 1 aromatic rings. The van der Waals surface area contributed by atoms with E-state index in [9.17, 15) is 0 Å². The van der Waals surface area contributed by atoms with Crippen LogP contribution in [0.25, 0.3) is 0 Å². The molecule has 0 radical (unpaired) electrons. The zero-order chi connectivity index (χ0) is 13.7. The van der Waals surface area contributed by atoms with E-state index in [1.54, 1.807) is 7.05 Å². The monoisotopic (exact) mass is 285 g/mol.